The van der Waals surface area contributed by atoms with Crippen molar-refractivity contribution in [2.45, 2.75) is 32.8 Å². The van der Waals surface area contributed by atoms with E-state index in [4.69, 9.17) is 22.1 Å². The predicted octanol–water partition coefficient (Wildman–Crippen LogP) is 0.450. The van der Waals surface area contributed by atoms with Gasteiger partial charge in [-0.2, -0.15) is 0 Å². The van der Waals surface area contributed by atoms with Crippen molar-refractivity contribution in [3.05, 3.63) is 0 Å². The second kappa shape index (κ2) is 8.52. The van der Waals surface area contributed by atoms with Crippen molar-refractivity contribution in [2.24, 2.45) is 0 Å². The minimum atomic E-state index is -0.887. The third-order valence-corrected chi connectivity index (χ3v) is 1.99. The molecule has 7 nitrogen and oxygen atoms in total. The summed E-state index contributed by atoms with van der Waals surface area (Å²) in [5.41, 5.74) is -0.523. The molecule has 0 bridgehead atoms. The number of carboxylic acid groups (broad SMARTS) is 1. The van der Waals surface area contributed by atoms with Gasteiger partial charge in [-0.05, 0) is 33.0 Å². The first-order chi connectivity index (χ1) is 8.70. The van der Waals surface area contributed by atoms with Crippen molar-refractivity contribution < 1.29 is 19.4 Å². The fourth-order valence-electron chi connectivity index (χ4n) is 1.00. The van der Waals surface area contributed by atoms with Crippen molar-refractivity contribution in [2.75, 3.05) is 19.6 Å². The lowest BCUT2D eigenvalue weighted by molar-refractivity contribution is -0.136. The molecule has 0 unspecified atom stereocenters. The molecule has 0 aliphatic rings. The summed E-state index contributed by atoms with van der Waals surface area (Å²) in [7, 11) is 0. The zero-order valence-electron chi connectivity index (χ0n) is 11.4. The maximum Gasteiger partial charge on any atom is 0.407 e. The van der Waals surface area contributed by atoms with Gasteiger partial charge < -0.3 is 25.8 Å². The Bertz CT molecular complexity index is 328. The van der Waals surface area contributed by atoms with Gasteiger partial charge >= 0.3 is 12.1 Å². The molecule has 0 aromatic rings. The highest BCUT2D eigenvalue weighted by Crippen LogP contribution is 2.05. The van der Waals surface area contributed by atoms with Gasteiger partial charge in [0.2, 0.25) is 0 Å². The van der Waals surface area contributed by atoms with Crippen LogP contribution in [-0.2, 0) is 9.53 Å². The van der Waals surface area contributed by atoms with E-state index in [9.17, 15) is 9.59 Å². The molecule has 0 saturated carbocycles. The number of hydrogen-bond acceptors (Lipinski definition) is 4. The van der Waals surface area contributed by atoms with Gasteiger partial charge in [0.05, 0.1) is 6.42 Å². The maximum absolute atomic E-state index is 11.3. The first-order valence-corrected chi connectivity index (χ1v) is 6.32. The van der Waals surface area contributed by atoms with E-state index in [1.54, 1.807) is 20.8 Å². The van der Waals surface area contributed by atoms with E-state index in [-0.39, 0.29) is 13.0 Å². The number of aliphatic carboxylic acids is 1. The number of ether oxygens (including phenoxy) is 1. The zero-order chi connectivity index (χ0) is 14.9. The van der Waals surface area contributed by atoms with Crippen molar-refractivity contribution >= 4 is 29.4 Å². The van der Waals surface area contributed by atoms with Crippen LogP contribution in [-0.4, -0.2) is 47.5 Å². The van der Waals surface area contributed by atoms with Gasteiger partial charge in [-0.15, -0.1) is 0 Å². The highest BCUT2D eigenvalue weighted by molar-refractivity contribution is 7.80. The van der Waals surface area contributed by atoms with Crippen LogP contribution < -0.4 is 16.0 Å². The standard InChI is InChI=1S/C11H21N3O4S/c1-11(2,3)18-10(17)14-7-6-13-9(19)12-5-4-8(15)16/h4-7H2,1-3H3,(H,14,17)(H,15,16)(H2,12,13,19). The molecule has 0 aliphatic heterocycles. The summed E-state index contributed by atoms with van der Waals surface area (Å²) in [4.78, 5) is 21.5. The molecule has 1 amide bonds. The lowest BCUT2D eigenvalue weighted by atomic mass is 10.2. The molecular formula is C11H21N3O4S. The van der Waals surface area contributed by atoms with Crippen LogP contribution in [0.1, 0.15) is 27.2 Å². The van der Waals surface area contributed by atoms with E-state index in [0.717, 1.165) is 0 Å². The van der Waals surface area contributed by atoms with Gasteiger partial charge in [0.25, 0.3) is 0 Å². The van der Waals surface area contributed by atoms with Crippen molar-refractivity contribution in [1.29, 1.82) is 0 Å². The van der Waals surface area contributed by atoms with Crippen LogP contribution >= 0.6 is 12.2 Å². The first-order valence-electron chi connectivity index (χ1n) is 5.91. The molecule has 0 heterocycles. The predicted molar refractivity (Wildman–Crippen MR) is 75.1 cm³/mol. The Labute approximate surface area is 118 Å². The Kier molecular flexibility index (Phi) is 7.81. The van der Waals surface area contributed by atoms with Gasteiger partial charge in [-0.25, -0.2) is 4.79 Å². The molecule has 0 atom stereocenters. The van der Waals surface area contributed by atoms with Crippen LogP contribution in [0.25, 0.3) is 0 Å². The minimum absolute atomic E-state index is 0.00201. The summed E-state index contributed by atoms with van der Waals surface area (Å²) in [6.07, 6.45) is -0.489. The Hall–Kier alpha value is -1.57. The molecule has 8 heteroatoms. The van der Waals surface area contributed by atoms with E-state index >= 15 is 0 Å². The number of carbonyl (C=O) groups is 2. The second-order valence-corrected chi connectivity index (χ2v) is 5.16. The van der Waals surface area contributed by atoms with Crippen molar-refractivity contribution in [3.8, 4) is 0 Å². The summed E-state index contributed by atoms with van der Waals surface area (Å²) in [5.74, 6) is -0.887. The topological polar surface area (TPSA) is 99.7 Å². The van der Waals surface area contributed by atoms with Gasteiger partial charge in [0.1, 0.15) is 5.60 Å². The lowest BCUT2D eigenvalue weighted by Crippen LogP contribution is -2.41. The number of thiocarbonyl (C=S) groups is 1. The number of hydrogen-bond donors (Lipinski definition) is 4. The number of rotatable bonds is 6. The molecule has 0 rings (SSSR count). The maximum atomic E-state index is 11.3. The van der Waals surface area contributed by atoms with E-state index in [2.05, 4.69) is 16.0 Å². The van der Waals surface area contributed by atoms with Crippen molar-refractivity contribution in [3.63, 3.8) is 0 Å². The van der Waals surface area contributed by atoms with Gasteiger partial charge in [-0.1, -0.05) is 0 Å². The van der Waals surface area contributed by atoms with E-state index in [1.807, 2.05) is 0 Å². The van der Waals surface area contributed by atoms with Gasteiger partial charge in [-0.3, -0.25) is 4.79 Å². The van der Waals surface area contributed by atoms with E-state index in [1.165, 1.54) is 0 Å². The lowest BCUT2D eigenvalue weighted by Gasteiger charge is -2.19. The smallest absolute Gasteiger partial charge is 0.407 e. The summed E-state index contributed by atoms with van der Waals surface area (Å²) < 4.78 is 5.04. The van der Waals surface area contributed by atoms with Crippen molar-refractivity contribution in [1.82, 2.24) is 16.0 Å². The average Bonchev–Trinajstić information content (AvgIpc) is 2.21. The second-order valence-electron chi connectivity index (χ2n) is 4.76. The zero-order valence-corrected chi connectivity index (χ0v) is 12.2. The summed E-state index contributed by atoms with van der Waals surface area (Å²) in [5, 5.41) is 16.9. The molecule has 0 aromatic carbocycles. The van der Waals surface area contributed by atoms with Crippen LogP contribution in [0, 0.1) is 0 Å². The first kappa shape index (κ1) is 17.4. The largest absolute Gasteiger partial charge is 0.481 e. The summed E-state index contributed by atoms with van der Waals surface area (Å²) >= 11 is 4.91. The quantitative estimate of drug-likeness (QED) is 0.416. The molecule has 0 spiro atoms. The number of nitrogens with one attached hydrogen (secondary N) is 3. The fraction of sp³-hybridized carbons (Fsp3) is 0.727. The Balaban J connectivity index is 3.56. The Morgan fingerprint density at radius 3 is 2.16 bits per heavy atom. The number of carboxylic acids is 1. The van der Waals surface area contributed by atoms with Crippen LogP contribution in [0.4, 0.5) is 4.79 Å². The minimum Gasteiger partial charge on any atom is -0.481 e. The fourth-order valence-corrected chi connectivity index (χ4v) is 1.20. The molecule has 110 valence electrons. The molecule has 0 radical (unpaired) electrons. The third-order valence-electron chi connectivity index (χ3n) is 1.70. The normalized spacial score (nSPS) is 10.5. The highest BCUT2D eigenvalue weighted by Gasteiger charge is 2.15. The number of alkyl carbamates (subject to hydrolysis) is 1. The monoisotopic (exact) mass is 291 g/mol. The Morgan fingerprint density at radius 1 is 1.11 bits per heavy atom. The molecule has 0 saturated heterocycles. The van der Waals surface area contributed by atoms with Gasteiger partial charge in [0, 0.05) is 19.6 Å². The van der Waals surface area contributed by atoms with Gasteiger partial charge in [0.15, 0.2) is 5.11 Å². The molecule has 0 fully saturated rings. The molecule has 19 heavy (non-hydrogen) atoms. The van der Waals surface area contributed by atoms with Crippen LogP contribution in [0.2, 0.25) is 0 Å². The molecular weight excluding hydrogens is 270 g/mol. The SMILES string of the molecule is CC(C)(C)OC(=O)NCCNC(=S)NCCC(=O)O. The molecule has 4 N–H and O–H groups in total. The number of carbonyl (C=O) groups excluding carboxylic acids is 1. The summed E-state index contributed by atoms with van der Waals surface area (Å²) in [6.45, 7) is 6.40. The average molecular weight is 291 g/mol. The number of amides is 1. The molecule has 0 aromatic heterocycles. The van der Waals surface area contributed by atoms with Crippen LogP contribution in [0.5, 0.6) is 0 Å². The van der Waals surface area contributed by atoms with Crippen LogP contribution in [0.3, 0.4) is 0 Å². The molecule has 0 aliphatic carbocycles. The van der Waals surface area contributed by atoms with E-state index in [0.29, 0.717) is 18.2 Å². The van der Waals surface area contributed by atoms with E-state index < -0.39 is 17.7 Å². The summed E-state index contributed by atoms with van der Waals surface area (Å²) in [6, 6.07) is 0. The third kappa shape index (κ3) is 12.7. The highest BCUT2D eigenvalue weighted by atomic mass is 32.1. The Morgan fingerprint density at radius 2 is 1.63 bits per heavy atom. The van der Waals surface area contributed by atoms with Crippen LogP contribution in [0.15, 0.2) is 0 Å².